The number of carbonyl (C=O) groups is 1. The molecule has 6 nitrogen and oxygen atoms in total. The summed E-state index contributed by atoms with van der Waals surface area (Å²) in [6, 6.07) is 0.774. The normalized spacial score (nSPS) is 36.5. The number of nitrogens with two attached hydrogens (primary N) is 1. The Bertz CT molecular complexity index is 457. The number of nitrogens with zero attached hydrogens (tertiary/aromatic N) is 2. The van der Waals surface area contributed by atoms with Crippen molar-refractivity contribution in [1.29, 1.82) is 0 Å². The third-order valence-electron chi connectivity index (χ3n) is 5.08. The average Bonchev–Trinajstić information content (AvgIpc) is 2.73. The van der Waals surface area contributed by atoms with E-state index in [0.29, 0.717) is 6.04 Å². The molecule has 0 spiro atoms. The van der Waals surface area contributed by atoms with Crippen LogP contribution in [0.25, 0.3) is 0 Å². The van der Waals surface area contributed by atoms with Crippen molar-refractivity contribution in [1.82, 2.24) is 10.3 Å². The summed E-state index contributed by atoms with van der Waals surface area (Å²) in [5.74, 6) is -0.617. The Hall–Kier alpha value is -1.21. The number of hydrogen-bond donors (Lipinski definition) is 3. The van der Waals surface area contributed by atoms with Crippen molar-refractivity contribution >= 4 is 29.5 Å². The van der Waals surface area contributed by atoms with Gasteiger partial charge in [-0.25, -0.2) is 0 Å². The van der Waals surface area contributed by atoms with Gasteiger partial charge < -0.3 is 10.8 Å². The van der Waals surface area contributed by atoms with Gasteiger partial charge in [-0.1, -0.05) is 12.8 Å². The lowest BCUT2D eigenvalue weighted by molar-refractivity contribution is -0.146. The molecule has 2 rings (SSSR count). The van der Waals surface area contributed by atoms with Gasteiger partial charge in [0.15, 0.2) is 5.11 Å². The van der Waals surface area contributed by atoms with Crippen LogP contribution < -0.4 is 11.2 Å². The van der Waals surface area contributed by atoms with Crippen molar-refractivity contribution in [2.24, 2.45) is 22.7 Å². The fourth-order valence-corrected chi connectivity index (χ4v) is 4.15. The van der Waals surface area contributed by atoms with Crippen LogP contribution in [0.15, 0.2) is 5.10 Å². The van der Waals surface area contributed by atoms with E-state index in [2.05, 4.69) is 29.3 Å². The topological polar surface area (TPSA) is 91.0 Å². The molecular formula is C15H26N4O2S. The van der Waals surface area contributed by atoms with Crippen LogP contribution in [0.2, 0.25) is 0 Å². The molecule has 5 unspecified atom stereocenters. The number of carboxylic acids is 1. The lowest BCUT2D eigenvalue weighted by atomic mass is 9.83. The molecule has 0 radical (unpaired) electrons. The highest BCUT2D eigenvalue weighted by Crippen LogP contribution is 2.38. The summed E-state index contributed by atoms with van der Waals surface area (Å²) in [6.07, 6.45) is 6.74. The minimum Gasteiger partial charge on any atom is -0.481 e. The number of carboxylic acid groups (broad SMARTS) is 1. The number of thiocarbonyl (C=S) groups is 1. The van der Waals surface area contributed by atoms with Gasteiger partial charge in [-0.2, -0.15) is 5.10 Å². The zero-order chi connectivity index (χ0) is 16.3. The van der Waals surface area contributed by atoms with Crippen LogP contribution in [-0.2, 0) is 4.79 Å². The van der Waals surface area contributed by atoms with Gasteiger partial charge in [0.2, 0.25) is 0 Å². The van der Waals surface area contributed by atoms with Crippen LogP contribution in [0, 0.1) is 11.8 Å². The number of hydrazone groups is 1. The van der Waals surface area contributed by atoms with Crippen molar-refractivity contribution in [3.05, 3.63) is 0 Å². The van der Waals surface area contributed by atoms with Gasteiger partial charge in [-0.3, -0.25) is 15.1 Å². The van der Waals surface area contributed by atoms with Crippen molar-refractivity contribution in [2.75, 3.05) is 0 Å². The van der Waals surface area contributed by atoms with Crippen molar-refractivity contribution in [3.8, 4) is 0 Å². The molecular weight excluding hydrogens is 300 g/mol. The van der Waals surface area contributed by atoms with E-state index < -0.39 is 5.97 Å². The molecule has 1 heterocycles. The van der Waals surface area contributed by atoms with E-state index >= 15 is 0 Å². The molecule has 0 aromatic carbocycles. The Labute approximate surface area is 137 Å². The Morgan fingerprint density at radius 2 is 2.09 bits per heavy atom. The monoisotopic (exact) mass is 326 g/mol. The average molecular weight is 326 g/mol. The lowest BCUT2D eigenvalue weighted by Gasteiger charge is -2.41. The van der Waals surface area contributed by atoms with Crippen LogP contribution in [0.4, 0.5) is 0 Å². The highest BCUT2D eigenvalue weighted by molar-refractivity contribution is 7.80. The molecule has 1 aliphatic heterocycles. The molecule has 7 heteroatoms. The Balaban J connectivity index is 2.08. The molecule has 22 heavy (non-hydrogen) atoms. The summed E-state index contributed by atoms with van der Waals surface area (Å²) < 4.78 is 0. The quantitative estimate of drug-likeness (QED) is 0.412. The van der Waals surface area contributed by atoms with Crippen molar-refractivity contribution < 1.29 is 9.90 Å². The summed E-state index contributed by atoms with van der Waals surface area (Å²) >= 11 is 4.74. The molecule has 0 aromatic heterocycles. The second kappa shape index (κ2) is 7.37. The van der Waals surface area contributed by atoms with Crippen LogP contribution in [0.5, 0.6) is 0 Å². The summed E-state index contributed by atoms with van der Waals surface area (Å²) in [6.45, 7) is 4.34. The van der Waals surface area contributed by atoms with E-state index in [-0.39, 0.29) is 29.0 Å². The SMILES string of the molecule is CC1CC(/C=N/NC(N)=S)C(C)N1C1CCCCC1C(=O)O. The third-order valence-corrected chi connectivity index (χ3v) is 5.17. The van der Waals surface area contributed by atoms with Gasteiger partial charge in [-0.05, 0) is 45.3 Å². The Kier molecular flexibility index (Phi) is 5.74. The molecule has 0 bridgehead atoms. The van der Waals surface area contributed by atoms with E-state index in [4.69, 9.17) is 18.0 Å². The standard InChI is InChI=1S/C15H26N4O2S/c1-9-7-11(8-17-18-15(16)22)10(2)19(9)13-6-4-3-5-12(13)14(20)21/h8-13H,3-7H2,1-2H3,(H,20,21)(H3,16,18,22)/b17-8+. The van der Waals surface area contributed by atoms with E-state index in [9.17, 15) is 9.90 Å². The van der Waals surface area contributed by atoms with Crippen LogP contribution in [0.1, 0.15) is 46.0 Å². The predicted octanol–water partition coefficient (Wildman–Crippen LogP) is 1.55. The summed E-state index contributed by atoms with van der Waals surface area (Å²) in [5, 5.41) is 13.8. The van der Waals surface area contributed by atoms with E-state index in [1.54, 1.807) is 0 Å². The van der Waals surface area contributed by atoms with E-state index in [0.717, 1.165) is 32.1 Å². The minimum atomic E-state index is -0.656. The minimum absolute atomic E-state index is 0.137. The molecule has 2 aliphatic rings. The highest BCUT2D eigenvalue weighted by Gasteiger charge is 2.44. The van der Waals surface area contributed by atoms with Gasteiger partial charge in [0, 0.05) is 30.3 Å². The second-order valence-corrected chi connectivity index (χ2v) is 6.93. The fraction of sp³-hybridized carbons (Fsp3) is 0.800. The number of nitrogens with one attached hydrogen (secondary N) is 1. The maximum absolute atomic E-state index is 11.6. The first kappa shape index (κ1) is 17.1. The molecule has 5 atom stereocenters. The smallest absolute Gasteiger partial charge is 0.308 e. The zero-order valence-corrected chi connectivity index (χ0v) is 14.1. The Morgan fingerprint density at radius 1 is 1.41 bits per heavy atom. The molecule has 0 aromatic rings. The fourth-order valence-electron chi connectivity index (χ4n) is 4.10. The van der Waals surface area contributed by atoms with Gasteiger partial charge >= 0.3 is 5.97 Å². The number of rotatable bonds is 4. The summed E-state index contributed by atoms with van der Waals surface area (Å²) in [5.41, 5.74) is 7.96. The number of hydrogen-bond acceptors (Lipinski definition) is 4. The highest BCUT2D eigenvalue weighted by atomic mass is 32.1. The maximum Gasteiger partial charge on any atom is 0.308 e. The third kappa shape index (κ3) is 3.76. The van der Waals surface area contributed by atoms with Gasteiger partial charge in [0.25, 0.3) is 0 Å². The molecule has 4 N–H and O–H groups in total. The van der Waals surface area contributed by atoms with Crippen molar-refractivity contribution in [3.63, 3.8) is 0 Å². The van der Waals surface area contributed by atoms with E-state index in [1.807, 2.05) is 6.21 Å². The molecule has 1 aliphatic carbocycles. The summed E-state index contributed by atoms with van der Waals surface area (Å²) in [7, 11) is 0. The van der Waals surface area contributed by atoms with Gasteiger partial charge in [-0.15, -0.1) is 0 Å². The first-order chi connectivity index (χ1) is 10.4. The van der Waals surface area contributed by atoms with Crippen LogP contribution >= 0.6 is 12.2 Å². The van der Waals surface area contributed by atoms with E-state index in [1.165, 1.54) is 0 Å². The maximum atomic E-state index is 11.6. The first-order valence-electron chi connectivity index (χ1n) is 8.00. The zero-order valence-electron chi connectivity index (χ0n) is 13.2. The van der Waals surface area contributed by atoms with Crippen molar-refractivity contribution in [2.45, 2.75) is 64.1 Å². The first-order valence-corrected chi connectivity index (χ1v) is 8.41. The molecule has 1 saturated heterocycles. The molecule has 1 saturated carbocycles. The number of likely N-dealkylation sites (tertiary alicyclic amines) is 1. The largest absolute Gasteiger partial charge is 0.481 e. The number of aliphatic carboxylic acids is 1. The Morgan fingerprint density at radius 3 is 2.73 bits per heavy atom. The van der Waals surface area contributed by atoms with Crippen LogP contribution in [-0.4, -0.2) is 45.4 Å². The molecule has 2 fully saturated rings. The van der Waals surface area contributed by atoms with Gasteiger partial charge in [0.05, 0.1) is 5.92 Å². The predicted molar refractivity (Wildman–Crippen MR) is 90.7 cm³/mol. The summed E-state index contributed by atoms with van der Waals surface area (Å²) in [4.78, 5) is 14.0. The molecule has 124 valence electrons. The van der Waals surface area contributed by atoms with Crippen LogP contribution in [0.3, 0.4) is 0 Å². The molecule has 0 amide bonds. The lowest BCUT2D eigenvalue weighted by Crippen LogP contribution is -2.50. The second-order valence-electron chi connectivity index (χ2n) is 6.49. The van der Waals surface area contributed by atoms with Gasteiger partial charge in [0.1, 0.15) is 0 Å².